The Morgan fingerprint density at radius 2 is 2.13 bits per heavy atom. The summed E-state index contributed by atoms with van der Waals surface area (Å²) in [6.45, 7) is -0.416. The fourth-order valence-corrected chi connectivity index (χ4v) is 2.58. The van der Waals surface area contributed by atoms with E-state index in [2.05, 4.69) is 4.52 Å². The number of alkyl halides is 1. The van der Waals surface area contributed by atoms with Crippen molar-refractivity contribution in [2.75, 3.05) is 6.61 Å². The van der Waals surface area contributed by atoms with Crippen molar-refractivity contribution in [3.05, 3.63) is 12.3 Å². The highest BCUT2D eigenvalue weighted by Gasteiger charge is 2.65. The first-order valence-electron chi connectivity index (χ1n) is 6.29. The predicted octanol–water partition coefficient (Wildman–Crippen LogP) is -1.91. The van der Waals surface area contributed by atoms with Crippen molar-refractivity contribution in [3.8, 4) is 0 Å². The third-order valence-corrected chi connectivity index (χ3v) is 3.85. The highest BCUT2D eigenvalue weighted by atomic mass is 31.2. The van der Waals surface area contributed by atoms with Crippen LogP contribution in [0.1, 0.15) is 6.92 Å². The van der Waals surface area contributed by atoms with Gasteiger partial charge in [0.25, 0.3) is 5.85 Å². The molecule has 132 valence electrons. The number of carbonyl (C=O) groups is 1. The maximum Gasteiger partial charge on any atom is 0.469 e. The van der Waals surface area contributed by atoms with Crippen LogP contribution in [-0.4, -0.2) is 72.7 Å². The van der Waals surface area contributed by atoms with Gasteiger partial charge in [0.05, 0.1) is 0 Å². The van der Waals surface area contributed by atoms with Gasteiger partial charge in [-0.3, -0.25) is 9.42 Å². The molecule has 1 fully saturated rings. The van der Waals surface area contributed by atoms with E-state index < -0.39 is 50.5 Å². The summed E-state index contributed by atoms with van der Waals surface area (Å²) in [5.74, 6) is -3.18. The second-order valence-corrected chi connectivity index (χ2v) is 6.53. The SMILES string of the molecule is C[C@]1(O)[C@H](N2C=CC(O)NC2=O)O[C@](F)(COP(=O)(O)O)[C@H]1O. The van der Waals surface area contributed by atoms with Crippen LogP contribution in [0.15, 0.2) is 12.3 Å². The van der Waals surface area contributed by atoms with Crippen LogP contribution in [0.2, 0.25) is 0 Å². The second kappa shape index (κ2) is 5.76. The van der Waals surface area contributed by atoms with Crippen molar-refractivity contribution in [2.45, 2.75) is 36.9 Å². The summed E-state index contributed by atoms with van der Waals surface area (Å²) in [6, 6.07) is -0.947. The molecule has 0 radical (unpaired) electrons. The van der Waals surface area contributed by atoms with Crippen LogP contribution < -0.4 is 5.32 Å². The van der Waals surface area contributed by atoms with Gasteiger partial charge in [0.2, 0.25) is 0 Å². The number of nitrogens with zero attached hydrogens (tertiary/aromatic N) is 1. The van der Waals surface area contributed by atoms with Crippen LogP contribution in [0.5, 0.6) is 0 Å². The summed E-state index contributed by atoms with van der Waals surface area (Å²) in [7, 11) is -5.05. The number of aliphatic hydroxyl groups is 3. The van der Waals surface area contributed by atoms with E-state index in [1.54, 1.807) is 0 Å². The number of carbonyl (C=O) groups excluding carboxylic acids is 1. The highest BCUT2D eigenvalue weighted by Crippen LogP contribution is 2.45. The third kappa shape index (κ3) is 3.54. The van der Waals surface area contributed by atoms with Crippen molar-refractivity contribution in [1.29, 1.82) is 0 Å². The minimum absolute atomic E-state index is 0.675. The van der Waals surface area contributed by atoms with Crippen LogP contribution in [-0.2, 0) is 13.8 Å². The molecule has 0 aromatic carbocycles. The number of nitrogens with one attached hydrogen (secondary N) is 1. The van der Waals surface area contributed by atoms with E-state index in [4.69, 9.17) is 14.5 Å². The largest absolute Gasteiger partial charge is 0.469 e. The lowest BCUT2D eigenvalue weighted by Crippen LogP contribution is -2.57. The Morgan fingerprint density at radius 1 is 1.52 bits per heavy atom. The number of urea groups is 1. The summed E-state index contributed by atoms with van der Waals surface area (Å²) in [5.41, 5.74) is -2.34. The number of hydrogen-bond donors (Lipinski definition) is 6. The molecule has 0 saturated carbocycles. The first-order valence-corrected chi connectivity index (χ1v) is 7.82. The molecule has 23 heavy (non-hydrogen) atoms. The molecule has 0 aromatic rings. The predicted molar refractivity (Wildman–Crippen MR) is 68.9 cm³/mol. The number of ether oxygens (including phenoxy) is 1. The van der Waals surface area contributed by atoms with Gasteiger partial charge < -0.3 is 35.2 Å². The van der Waals surface area contributed by atoms with Gasteiger partial charge in [-0.15, -0.1) is 0 Å². The van der Waals surface area contributed by atoms with Gasteiger partial charge in [-0.2, -0.15) is 0 Å². The molecule has 2 rings (SSSR count). The number of rotatable bonds is 4. The van der Waals surface area contributed by atoms with E-state index in [9.17, 15) is 29.1 Å². The molecule has 0 aromatic heterocycles. The molecule has 1 unspecified atom stereocenters. The van der Waals surface area contributed by atoms with Crippen LogP contribution in [0.3, 0.4) is 0 Å². The van der Waals surface area contributed by atoms with Gasteiger partial charge >= 0.3 is 13.9 Å². The number of aliphatic hydroxyl groups excluding tert-OH is 2. The van der Waals surface area contributed by atoms with Crippen molar-refractivity contribution in [3.63, 3.8) is 0 Å². The van der Waals surface area contributed by atoms with Crippen LogP contribution in [0.4, 0.5) is 9.18 Å². The van der Waals surface area contributed by atoms with Crippen molar-refractivity contribution >= 4 is 13.9 Å². The van der Waals surface area contributed by atoms with Gasteiger partial charge in [-0.05, 0) is 13.0 Å². The second-order valence-electron chi connectivity index (χ2n) is 5.29. The maximum atomic E-state index is 14.6. The topological polar surface area (TPSA) is 169 Å². The Kier molecular flexibility index (Phi) is 4.56. The zero-order chi connectivity index (χ0) is 17.6. The molecule has 0 spiro atoms. The minimum atomic E-state index is -5.05. The van der Waals surface area contributed by atoms with E-state index >= 15 is 0 Å². The Bertz CT molecular complexity index is 567. The molecule has 6 N–H and O–H groups in total. The first kappa shape index (κ1) is 18.2. The third-order valence-electron chi connectivity index (χ3n) is 3.39. The Morgan fingerprint density at radius 3 is 2.65 bits per heavy atom. The van der Waals surface area contributed by atoms with E-state index in [1.165, 1.54) is 0 Å². The molecule has 2 amide bonds. The maximum absolute atomic E-state index is 14.6. The zero-order valence-electron chi connectivity index (χ0n) is 11.7. The highest BCUT2D eigenvalue weighted by molar-refractivity contribution is 7.46. The Balaban J connectivity index is 2.24. The lowest BCUT2D eigenvalue weighted by atomic mass is 9.95. The monoisotopic (exact) mass is 358 g/mol. The van der Waals surface area contributed by atoms with E-state index in [-0.39, 0.29) is 0 Å². The molecule has 13 heteroatoms. The van der Waals surface area contributed by atoms with E-state index in [0.717, 1.165) is 19.2 Å². The summed E-state index contributed by atoms with van der Waals surface area (Å²) in [6.07, 6.45) is -3.21. The summed E-state index contributed by atoms with van der Waals surface area (Å²) in [4.78, 5) is 29.6. The van der Waals surface area contributed by atoms with Crippen LogP contribution >= 0.6 is 7.82 Å². The van der Waals surface area contributed by atoms with Crippen molar-refractivity contribution in [1.82, 2.24) is 10.2 Å². The molecule has 2 aliphatic rings. The Hall–Kier alpha value is -1.11. The minimum Gasteiger partial charge on any atom is -0.384 e. The molecule has 2 aliphatic heterocycles. The average Bonchev–Trinajstić information content (AvgIpc) is 2.58. The lowest BCUT2D eigenvalue weighted by molar-refractivity contribution is -0.205. The van der Waals surface area contributed by atoms with Crippen molar-refractivity contribution < 1.29 is 48.1 Å². The molecular weight excluding hydrogens is 342 g/mol. The standard InChI is InChI=1S/C10H16FN2O9P/c1-9(17)6(15)10(11,4-21-23(18,19)20)22-7(9)13-3-2-5(14)12-8(13)16/h2-3,5-7,14-15,17H,4H2,1H3,(H,12,16)(H2,18,19,20)/t5?,6-,7+,9+,10+/m0/s1. The normalized spacial score (nSPS) is 41.3. The molecule has 5 atom stereocenters. The van der Waals surface area contributed by atoms with Gasteiger partial charge in [0, 0.05) is 6.20 Å². The van der Waals surface area contributed by atoms with Crippen molar-refractivity contribution in [2.24, 2.45) is 0 Å². The van der Waals surface area contributed by atoms with E-state index in [1.807, 2.05) is 5.32 Å². The number of halogens is 1. The Labute approximate surface area is 129 Å². The van der Waals surface area contributed by atoms with Gasteiger partial charge in [0.1, 0.15) is 24.5 Å². The average molecular weight is 358 g/mol. The number of amides is 2. The molecular formula is C10H16FN2O9P. The van der Waals surface area contributed by atoms with Gasteiger partial charge in [-0.25, -0.2) is 13.8 Å². The first-order chi connectivity index (χ1) is 10.4. The number of phosphoric ester groups is 1. The molecule has 2 heterocycles. The lowest BCUT2D eigenvalue weighted by Gasteiger charge is -2.35. The fourth-order valence-electron chi connectivity index (χ4n) is 2.24. The number of hydrogen-bond acceptors (Lipinski definition) is 7. The van der Waals surface area contributed by atoms with Gasteiger partial charge in [0.15, 0.2) is 6.23 Å². The quantitative estimate of drug-likeness (QED) is 0.314. The zero-order valence-corrected chi connectivity index (χ0v) is 12.6. The summed E-state index contributed by atoms with van der Waals surface area (Å²) < 4.78 is 34.1. The fraction of sp³-hybridized carbons (Fsp3) is 0.700. The van der Waals surface area contributed by atoms with Crippen LogP contribution in [0, 0.1) is 0 Å². The summed E-state index contributed by atoms with van der Waals surface area (Å²) in [5, 5.41) is 31.4. The molecule has 0 aliphatic carbocycles. The van der Waals surface area contributed by atoms with Crippen LogP contribution in [0.25, 0.3) is 0 Å². The molecule has 0 bridgehead atoms. The molecule has 11 nitrogen and oxygen atoms in total. The summed E-state index contributed by atoms with van der Waals surface area (Å²) >= 11 is 0. The van der Waals surface area contributed by atoms with Gasteiger partial charge in [-0.1, -0.05) is 0 Å². The number of phosphoric acid groups is 1. The van der Waals surface area contributed by atoms with E-state index in [0.29, 0.717) is 4.90 Å². The molecule has 1 saturated heterocycles. The smallest absolute Gasteiger partial charge is 0.384 e.